The van der Waals surface area contributed by atoms with Crippen molar-refractivity contribution in [1.29, 1.82) is 0 Å². The van der Waals surface area contributed by atoms with E-state index in [0.717, 1.165) is 5.70 Å². The lowest BCUT2D eigenvalue weighted by atomic mass is 10.1. The minimum absolute atomic E-state index is 0.908. The number of likely N-dealkylation sites (N-methyl/N-ethyl adjacent to an activating group) is 1. The van der Waals surface area contributed by atoms with Gasteiger partial charge in [0.15, 0.2) is 0 Å². The van der Waals surface area contributed by atoms with Crippen LogP contribution in [0.5, 0.6) is 0 Å². The molecule has 0 amide bonds. The molecule has 78 valence electrons. The molecule has 0 aliphatic heterocycles. The Morgan fingerprint density at radius 2 is 1.87 bits per heavy atom. The highest BCUT2D eigenvalue weighted by Gasteiger charge is 1.94. The summed E-state index contributed by atoms with van der Waals surface area (Å²) in [5.74, 6) is 0. The van der Waals surface area contributed by atoms with E-state index in [4.69, 9.17) is 0 Å². The van der Waals surface area contributed by atoms with Crippen LogP contribution in [0.1, 0.15) is 12.5 Å². The zero-order chi connectivity index (χ0) is 11.1. The van der Waals surface area contributed by atoms with Crippen LogP contribution in [-0.4, -0.2) is 7.05 Å². The largest absolute Gasteiger partial charge is 0.389 e. The van der Waals surface area contributed by atoms with Crippen LogP contribution in [-0.2, 0) is 0 Å². The van der Waals surface area contributed by atoms with Crippen LogP contribution >= 0.6 is 0 Å². The molecular weight excluding hydrogens is 182 g/mol. The Morgan fingerprint density at radius 3 is 2.40 bits per heavy atom. The fraction of sp³-hybridized carbons (Fsp3) is 0.143. The van der Waals surface area contributed by atoms with E-state index < -0.39 is 0 Å². The van der Waals surface area contributed by atoms with Crippen molar-refractivity contribution in [3.63, 3.8) is 0 Å². The monoisotopic (exact) mass is 199 g/mol. The summed E-state index contributed by atoms with van der Waals surface area (Å²) in [5, 5.41) is 2.99. The van der Waals surface area contributed by atoms with Gasteiger partial charge in [0.25, 0.3) is 0 Å². The van der Waals surface area contributed by atoms with Crippen LogP contribution in [0.25, 0.3) is 5.57 Å². The van der Waals surface area contributed by atoms with Gasteiger partial charge in [0.05, 0.1) is 0 Å². The lowest BCUT2D eigenvalue weighted by Crippen LogP contribution is -2.00. The van der Waals surface area contributed by atoms with Crippen molar-refractivity contribution >= 4 is 5.57 Å². The van der Waals surface area contributed by atoms with Gasteiger partial charge in [0.1, 0.15) is 0 Å². The number of rotatable bonds is 4. The Bertz CT molecular complexity index is 372. The molecule has 0 aromatic heterocycles. The Labute approximate surface area is 91.8 Å². The Balaban J connectivity index is 2.84. The first-order valence-corrected chi connectivity index (χ1v) is 5.04. The van der Waals surface area contributed by atoms with Crippen LogP contribution in [0.2, 0.25) is 0 Å². The van der Waals surface area contributed by atoms with Gasteiger partial charge in [-0.15, -0.1) is 0 Å². The summed E-state index contributed by atoms with van der Waals surface area (Å²) in [6.45, 7) is 5.88. The molecular formula is C14H17N. The van der Waals surface area contributed by atoms with Crippen molar-refractivity contribution in [2.45, 2.75) is 6.92 Å². The molecule has 1 N–H and O–H groups in total. The summed E-state index contributed by atoms with van der Waals surface area (Å²) in [4.78, 5) is 0. The number of hydrogen-bond donors (Lipinski definition) is 1. The number of benzene rings is 1. The van der Waals surface area contributed by atoms with Crippen LogP contribution in [0.4, 0.5) is 0 Å². The normalized spacial score (nSPS) is 11.7. The van der Waals surface area contributed by atoms with E-state index in [2.05, 4.69) is 36.2 Å². The van der Waals surface area contributed by atoms with E-state index >= 15 is 0 Å². The highest BCUT2D eigenvalue weighted by molar-refractivity contribution is 5.74. The zero-order valence-electron chi connectivity index (χ0n) is 9.33. The summed E-state index contributed by atoms with van der Waals surface area (Å²) in [5.41, 5.74) is 3.33. The quantitative estimate of drug-likeness (QED) is 0.733. The average Bonchev–Trinajstić information content (AvgIpc) is 2.31. The van der Waals surface area contributed by atoms with Crippen LogP contribution < -0.4 is 5.32 Å². The summed E-state index contributed by atoms with van der Waals surface area (Å²) in [7, 11) is 1.87. The predicted octanol–water partition coefficient (Wildman–Crippen LogP) is 3.38. The number of nitrogens with one attached hydrogen (secondary N) is 1. The molecule has 0 radical (unpaired) electrons. The molecule has 0 saturated carbocycles. The van der Waals surface area contributed by atoms with Crippen molar-refractivity contribution < 1.29 is 0 Å². The third-order valence-corrected chi connectivity index (χ3v) is 2.20. The van der Waals surface area contributed by atoms with Gasteiger partial charge in [-0.1, -0.05) is 49.1 Å². The summed E-state index contributed by atoms with van der Waals surface area (Å²) in [6, 6.07) is 10.3. The fourth-order valence-electron chi connectivity index (χ4n) is 1.26. The molecule has 0 unspecified atom stereocenters. The van der Waals surface area contributed by atoms with Gasteiger partial charge in [0, 0.05) is 12.7 Å². The second-order valence-electron chi connectivity index (χ2n) is 3.22. The van der Waals surface area contributed by atoms with E-state index in [1.807, 2.05) is 38.2 Å². The smallest absolute Gasteiger partial charge is 0.0264 e. The Morgan fingerprint density at radius 1 is 1.20 bits per heavy atom. The Kier molecular flexibility index (Phi) is 4.42. The molecule has 0 aliphatic carbocycles. The summed E-state index contributed by atoms with van der Waals surface area (Å²) in [6.07, 6.45) is 6.13. The molecule has 0 heterocycles. The first kappa shape index (κ1) is 11.3. The van der Waals surface area contributed by atoms with Crippen molar-refractivity contribution in [3.8, 4) is 0 Å². The van der Waals surface area contributed by atoms with Crippen molar-refractivity contribution in [3.05, 3.63) is 66.4 Å². The van der Waals surface area contributed by atoms with Gasteiger partial charge in [-0.05, 0) is 24.1 Å². The van der Waals surface area contributed by atoms with Crippen LogP contribution in [0.3, 0.4) is 0 Å². The average molecular weight is 199 g/mol. The van der Waals surface area contributed by atoms with E-state index in [1.165, 1.54) is 11.1 Å². The van der Waals surface area contributed by atoms with Gasteiger partial charge in [0.2, 0.25) is 0 Å². The standard InChI is InChI=1S/C14H17N/c1-4-13(11-10-12(2)15-3)14-8-6-5-7-9-14/h4-11,15H,2H2,1,3H3/b11-10-,13-4+. The van der Waals surface area contributed by atoms with E-state index in [-0.39, 0.29) is 0 Å². The van der Waals surface area contributed by atoms with Gasteiger partial charge in [-0.3, -0.25) is 0 Å². The highest BCUT2D eigenvalue weighted by atomic mass is 14.8. The summed E-state index contributed by atoms with van der Waals surface area (Å²) < 4.78 is 0. The molecule has 0 atom stereocenters. The van der Waals surface area contributed by atoms with E-state index in [9.17, 15) is 0 Å². The molecule has 15 heavy (non-hydrogen) atoms. The molecule has 0 aliphatic rings. The maximum absolute atomic E-state index is 3.85. The topological polar surface area (TPSA) is 12.0 Å². The number of hydrogen-bond acceptors (Lipinski definition) is 1. The SMILES string of the molecule is C=C(/C=C\C(=C/C)c1ccccc1)NC. The first-order valence-electron chi connectivity index (χ1n) is 5.04. The molecule has 0 bridgehead atoms. The zero-order valence-corrected chi connectivity index (χ0v) is 9.33. The van der Waals surface area contributed by atoms with Crippen molar-refractivity contribution in [1.82, 2.24) is 5.32 Å². The fourth-order valence-corrected chi connectivity index (χ4v) is 1.26. The summed E-state index contributed by atoms with van der Waals surface area (Å²) >= 11 is 0. The predicted molar refractivity (Wildman–Crippen MR) is 67.4 cm³/mol. The molecule has 1 aromatic rings. The van der Waals surface area contributed by atoms with Crippen LogP contribution in [0, 0.1) is 0 Å². The molecule has 1 nitrogen and oxygen atoms in total. The molecule has 0 spiro atoms. The molecule has 1 heteroatoms. The first-order chi connectivity index (χ1) is 7.27. The third kappa shape index (κ3) is 3.47. The van der Waals surface area contributed by atoms with Gasteiger partial charge >= 0.3 is 0 Å². The lowest BCUT2D eigenvalue weighted by Gasteiger charge is -2.02. The second-order valence-corrected chi connectivity index (χ2v) is 3.22. The minimum atomic E-state index is 0.908. The Hall–Kier alpha value is -1.76. The van der Waals surface area contributed by atoms with Crippen molar-refractivity contribution in [2.24, 2.45) is 0 Å². The molecule has 1 rings (SSSR count). The lowest BCUT2D eigenvalue weighted by molar-refractivity contribution is 1.04. The van der Waals surface area contributed by atoms with Crippen LogP contribution in [0.15, 0.2) is 60.8 Å². The third-order valence-electron chi connectivity index (χ3n) is 2.20. The molecule has 1 aromatic carbocycles. The maximum Gasteiger partial charge on any atom is 0.0264 e. The van der Waals surface area contributed by atoms with E-state index in [1.54, 1.807) is 0 Å². The number of allylic oxidation sites excluding steroid dienone is 4. The van der Waals surface area contributed by atoms with Crippen molar-refractivity contribution in [2.75, 3.05) is 7.05 Å². The maximum atomic E-state index is 3.85. The highest BCUT2D eigenvalue weighted by Crippen LogP contribution is 2.15. The second kappa shape index (κ2) is 5.86. The minimum Gasteiger partial charge on any atom is -0.389 e. The van der Waals surface area contributed by atoms with Gasteiger partial charge in [-0.2, -0.15) is 0 Å². The van der Waals surface area contributed by atoms with E-state index in [0.29, 0.717) is 0 Å². The van der Waals surface area contributed by atoms with Gasteiger partial charge in [-0.25, -0.2) is 0 Å². The molecule has 0 fully saturated rings. The molecule has 0 saturated heterocycles. The van der Waals surface area contributed by atoms with Gasteiger partial charge < -0.3 is 5.32 Å².